The van der Waals surface area contributed by atoms with E-state index in [0.717, 1.165) is 56.8 Å². The van der Waals surface area contributed by atoms with Gasteiger partial charge in [-0.05, 0) is 42.5 Å². The highest BCUT2D eigenvalue weighted by atomic mass is 16.5. The number of ether oxygens (including phenoxy) is 1. The van der Waals surface area contributed by atoms with Gasteiger partial charge in [-0.25, -0.2) is 0 Å². The molecule has 0 aliphatic carbocycles. The van der Waals surface area contributed by atoms with E-state index in [2.05, 4.69) is 34.1 Å². The molecule has 2 fully saturated rings. The number of hydrogen-bond donors (Lipinski definition) is 2. The van der Waals surface area contributed by atoms with Crippen molar-refractivity contribution in [1.82, 2.24) is 9.80 Å². The van der Waals surface area contributed by atoms with Gasteiger partial charge in [-0.1, -0.05) is 42.5 Å². The summed E-state index contributed by atoms with van der Waals surface area (Å²) in [6, 6.07) is 18.7. The van der Waals surface area contributed by atoms with Gasteiger partial charge in [0.15, 0.2) is 0 Å². The first-order chi connectivity index (χ1) is 14.2. The van der Waals surface area contributed by atoms with Crippen LogP contribution in [0, 0.1) is 0 Å². The summed E-state index contributed by atoms with van der Waals surface area (Å²) in [4.78, 5) is 4.70. The average molecular weight is 397 g/mol. The Morgan fingerprint density at radius 2 is 1.55 bits per heavy atom. The Bertz CT molecular complexity index is 744. The molecule has 0 saturated carbocycles. The minimum Gasteiger partial charge on any atom is -0.489 e. The highest BCUT2D eigenvalue weighted by molar-refractivity contribution is 5.28. The summed E-state index contributed by atoms with van der Waals surface area (Å²) in [5.74, 6) is 0.878. The number of aliphatic hydroxyl groups excluding tert-OH is 2. The molecule has 2 atom stereocenters. The fourth-order valence-corrected chi connectivity index (χ4v) is 4.46. The van der Waals surface area contributed by atoms with Gasteiger partial charge in [0.05, 0.1) is 12.2 Å². The van der Waals surface area contributed by atoms with Crippen LogP contribution in [-0.4, -0.2) is 64.4 Å². The molecule has 5 nitrogen and oxygen atoms in total. The zero-order valence-electron chi connectivity index (χ0n) is 17.0. The van der Waals surface area contributed by atoms with Crippen molar-refractivity contribution < 1.29 is 14.9 Å². The van der Waals surface area contributed by atoms with Gasteiger partial charge < -0.3 is 14.9 Å². The second-order valence-corrected chi connectivity index (χ2v) is 8.34. The molecule has 0 bridgehead atoms. The van der Waals surface area contributed by atoms with E-state index in [1.165, 1.54) is 5.56 Å². The van der Waals surface area contributed by atoms with E-state index < -0.39 is 0 Å². The number of rotatable bonds is 6. The van der Waals surface area contributed by atoms with Crippen LogP contribution in [0.15, 0.2) is 54.6 Å². The van der Waals surface area contributed by atoms with Gasteiger partial charge in [0.2, 0.25) is 0 Å². The summed E-state index contributed by atoms with van der Waals surface area (Å²) in [6.45, 7) is 4.92. The van der Waals surface area contributed by atoms with E-state index in [1.54, 1.807) is 0 Å². The molecular weight excluding hydrogens is 364 g/mol. The maximum atomic E-state index is 10.7. The molecule has 2 heterocycles. The van der Waals surface area contributed by atoms with E-state index in [-0.39, 0.29) is 18.2 Å². The first kappa shape index (κ1) is 20.4. The van der Waals surface area contributed by atoms with Crippen molar-refractivity contribution in [3.63, 3.8) is 0 Å². The van der Waals surface area contributed by atoms with Gasteiger partial charge in [0.25, 0.3) is 0 Å². The number of hydrogen-bond acceptors (Lipinski definition) is 5. The molecule has 0 radical (unpaired) electrons. The fourth-order valence-electron chi connectivity index (χ4n) is 4.46. The average Bonchev–Trinajstić information content (AvgIpc) is 2.75. The highest BCUT2D eigenvalue weighted by Crippen LogP contribution is 2.23. The summed E-state index contributed by atoms with van der Waals surface area (Å²) in [7, 11) is 0. The molecule has 0 amide bonds. The lowest BCUT2D eigenvalue weighted by Gasteiger charge is -2.43. The minimum atomic E-state index is -0.326. The van der Waals surface area contributed by atoms with Gasteiger partial charge in [-0.2, -0.15) is 0 Å². The molecule has 0 unspecified atom stereocenters. The van der Waals surface area contributed by atoms with E-state index in [9.17, 15) is 10.2 Å². The Morgan fingerprint density at radius 1 is 0.828 bits per heavy atom. The molecule has 0 spiro atoms. The maximum Gasteiger partial charge on any atom is 0.119 e. The second kappa shape index (κ2) is 9.72. The van der Waals surface area contributed by atoms with E-state index in [0.29, 0.717) is 13.2 Å². The van der Waals surface area contributed by atoms with Crippen LogP contribution in [-0.2, 0) is 13.2 Å². The largest absolute Gasteiger partial charge is 0.489 e. The van der Waals surface area contributed by atoms with E-state index in [4.69, 9.17) is 4.74 Å². The zero-order valence-corrected chi connectivity index (χ0v) is 17.0. The van der Waals surface area contributed by atoms with E-state index >= 15 is 0 Å². The van der Waals surface area contributed by atoms with Crippen LogP contribution in [0.2, 0.25) is 0 Å². The van der Waals surface area contributed by atoms with Crippen molar-refractivity contribution in [1.29, 1.82) is 0 Å². The lowest BCUT2D eigenvalue weighted by molar-refractivity contribution is -0.0355. The Hall–Kier alpha value is -1.92. The van der Waals surface area contributed by atoms with Gasteiger partial charge in [-0.3, -0.25) is 9.80 Å². The molecule has 5 heteroatoms. The van der Waals surface area contributed by atoms with Crippen LogP contribution < -0.4 is 4.74 Å². The molecule has 2 aromatic carbocycles. The number of benzene rings is 2. The summed E-state index contributed by atoms with van der Waals surface area (Å²) in [5.41, 5.74) is 2.40. The quantitative estimate of drug-likeness (QED) is 0.786. The van der Waals surface area contributed by atoms with Crippen molar-refractivity contribution in [2.75, 3.05) is 26.2 Å². The molecule has 2 aromatic rings. The Balaban J connectivity index is 1.24. The standard InChI is InChI=1S/C24H32N2O3/c27-21-10-14-26(15-11-21)23-12-13-25(17-24(23)28)16-19-6-8-22(9-7-19)29-18-20-4-2-1-3-5-20/h1-9,21,23-24,27-28H,10-18H2/t23-,24-/m1/s1. The van der Waals surface area contributed by atoms with Crippen LogP contribution >= 0.6 is 0 Å². The monoisotopic (exact) mass is 396 g/mol. The van der Waals surface area contributed by atoms with E-state index in [1.807, 2.05) is 30.3 Å². The second-order valence-electron chi connectivity index (χ2n) is 8.34. The molecule has 29 heavy (non-hydrogen) atoms. The number of aliphatic hydroxyl groups is 2. The Kier molecular flexibility index (Phi) is 6.82. The van der Waals surface area contributed by atoms with Gasteiger partial charge >= 0.3 is 0 Å². The van der Waals surface area contributed by atoms with Crippen molar-refractivity contribution in [3.05, 3.63) is 65.7 Å². The first-order valence-corrected chi connectivity index (χ1v) is 10.8. The van der Waals surface area contributed by atoms with Crippen molar-refractivity contribution in [2.45, 2.75) is 50.7 Å². The van der Waals surface area contributed by atoms with Crippen molar-refractivity contribution in [2.24, 2.45) is 0 Å². The zero-order chi connectivity index (χ0) is 20.1. The number of likely N-dealkylation sites (tertiary alicyclic amines) is 2. The SMILES string of the molecule is OC1CCN([C@@H]2CCN(Cc3ccc(OCc4ccccc4)cc3)C[C@H]2O)CC1. The van der Waals surface area contributed by atoms with Crippen molar-refractivity contribution in [3.8, 4) is 5.75 Å². The highest BCUT2D eigenvalue weighted by Gasteiger charge is 2.33. The van der Waals surface area contributed by atoms with Crippen LogP contribution in [0.5, 0.6) is 5.75 Å². The lowest BCUT2D eigenvalue weighted by atomic mass is 9.96. The predicted octanol–water partition coefficient (Wildman–Crippen LogP) is 2.66. The molecule has 2 N–H and O–H groups in total. The van der Waals surface area contributed by atoms with Crippen molar-refractivity contribution >= 4 is 0 Å². The smallest absolute Gasteiger partial charge is 0.119 e. The summed E-state index contributed by atoms with van der Waals surface area (Å²) in [5, 5.41) is 20.4. The predicted molar refractivity (Wildman–Crippen MR) is 114 cm³/mol. The van der Waals surface area contributed by atoms with Crippen LogP contribution in [0.3, 0.4) is 0 Å². The fraction of sp³-hybridized carbons (Fsp3) is 0.500. The normalized spacial score (nSPS) is 24.5. The maximum absolute atomic E-state index is 10.7. The minimum absolute atomic E-state index is 0.164. The first-order valence-electron chi connectivity index (χ1n) is 10.8. The van der Waals surface area contributed by atoms with Gasteiger partial charge in [0.1, 0.15) is 12.4 Å². The van der Waals surface area contributed by atoms with Crippen LogP contribution in [0.1, 0.15) is 30.4 Å². The summed E-state index contributed by atoms with van der Waals surface area (Å²) >= 11 is 0. The third kappa shape index (κ3) is 5.58. The molecular formula is C24H32N2O3. The molecule has 4 rings (SSSR count). The Labute approximate surface area is 173 Å². The number of β-amino-alcohol motifs (C(OH)–C–C–N with tert-alkyl or cyclic N) is 1. The topological polar surface area (TPSA) is 56.2 Å². The molecule has 2 saturated heterocycles. The van der Waals surface area contributed by atoms with Crippen LogP contribution in [0.25, 0.3) is 0 Å². The summed E-state index contributed by atoms with van der Waals surface area (Å²) < 4.78 is 5.87. The number of nitrogens with zero attached hydrogens (tertiary/aromatic N) is 2. The van der Waals surface area contributed by atoms with Crippen LogP contribution in [0.4, 0.5) is 0 Å². The molecule has 2 aliphatic rings. The van der Waals surface area contributed by atoms with Gasteiger partial charge in [0, 0.05) is 38.8 Å². The number of piperidine rings is 2. The summed E-state index contributed by atoms with van der Waals surface area (Å²) in [6.07, 6.45) is 2.14. The third-order valence-electron chi connectivity index (χ3n) is 6.18. The molecule has 156 valence electrons. The molecule has 0 aromatic heterocycles. The lowest BCUT2D eigenvalue weighted by Crippen LogP contribution is -2.55. The molecule has 2 aliphatic heterocycles. The Morgan fingerprint density at radius 3 is 2.24 bits per heavy atom. The van der Waals surface area contributed by atoms with Gasteiger partial charge in [-0.15, -0.1) is 0 Å². The third-order valence-corrected chi connectivity index (χ3v) is 6.18.